The Morgan fingerprint density at radius 1 is 1.08 bits per heavy atom. The van der Waals surface area contributed by atoms with Crippen LogP contribution in [0.3, 0.4) is 0 Å². The zero-order valence-electron chi connectivity index (χ0n) is 13.6. The molecule has 0 aromatic heterocycles. The lowest BCUT2D eigenvalue weighted by molar-refractivity contribution is 0.183. The number of benzene rings is 3. The van der Waals surface area contributed by atoms with Crippen LogP contribution in [0.15, 0.2) is 65.6 Å². The Kier molecular flexibility index (Phi) is 4.85. The van der Waals surface area contributed by atoms with E-state index in [2.05, 4.69) is 4.72 Å². The molecule has 4 nitrogen and oxygen atoms in total. The number of halogens is 1. The SMILES string of the molecule is Cc1cc(S(=O)(=O)NC[C@H](O)c2cccc3ccccc23)ccc1F. The molecule has 0 amide bonds. The molecule has 0 unspecified atom stereocenters. The Morgan fingerprint density at radius 3 is 2.56 bits per heavy atom. The molecule has 0 heterocycles. The summed E-state index contributed by atoms with van der Waals surface area (Å²) in [6.45, 7) is 1.33. The van der Waals surface area contributed by atoms with Gasteiger partial charge in [-0.1, -0.05) is 42.5 Å². The third-order valence-electron chi connectivity index (χ3n) is 4.09. The van der Waals surface area contributed by atoms with Crippen LogP contribution in [-0.4, -0.2) is 20.1 Å². The molecule has 6 heteroatoms. The van der Waals surface area contributed by atoms with E-state index in [0.29, 0.717) is 5.56 Å². The highest BCUT2D eigenvalue weighted by atomic mass is 32.2. The summed E-state index contributed by atoms with van der Waals surface area (Å²) in [6, 6.07) is 16.7. The minimum Gasteiger partial charge on any atom is -0.387 e. The van der Waals surface area contributed by atoms with E-state index in [1.54, 1.807) is 6.07 Å². The van der Waals surface area contributed by atoms with Crippen molar-refractivity contribution in [1.82, 2.24) is 4.72 Å². The molecule has 0 fully saturated rings. The molecule has 3 aromatic carbocycles. The van der Waals surface area contributed by atoms with Gasteiger partial charge in [0, 0.05) is 6.54 Å². The van der Waals surface area contributed by atoms with E-state index in [-0.39, 0.29) is 17.0 Å². The summed E-state index contributed by atoms with van der Waals surface area (Å²) >= 11 is 0. The van der Waals surface area contributed by atoms with Crippen molar-refractivity contribution in [2.24, 2.45) is 0 Å². The molecule has 0 radical (unpaired) electrons. The fourth-order valence-electron chi connectivity index (χ4n) is 2.71. The zero-order chi connectivity index (χ0) is 18.0. The van der Waals surface area contributed by atoms with Crippen LogP contribution in [0.4, 0.5) is 4.39 Å². The molecule has 0 saturated heterocycles. The maximum Gasteiger partial charge on any atom is 0.240 e. The van der Waals surface area contributed by atoms with Crippen LogP contribution >= 0.6 is 0 Å². The van der Waals surface area contributed by atoms with Gasteiger partial charge in [-0.25, -0.2) is 17.5 Å². The number of aliphatic hydroxyl groups is 1. The second kappa shape index (κ2) is 6.92. The van der Waals surface area contributed by atoms with Gasteiger partial charge in [-0.15, -0.1) is 0 Å². The first-order chi connectivity index (χ1) is 11.9. The van der Waals surface area contributed by atoms with Crippen molar-refractivity contribution in [2.75, 3.05) is 6.54 Å². The van der Waals surface area contributed by atoms with Crippen LogP contribution in [-0.2, 0) is 10.0 Å². The highest BCUT2D eigenvalue weighted by Gasteiger charge is 2.18. The summed E-state index contributed by atoms with van der Waals surface area (Å²) < 4.78 is 40.4. The molecule has 3 aromatic rings. The van der Waals surface area contributed by atoms with Crippen molar-refractivity contribution >= 4 is 20.8 Å². The minimum atomic E-state index is -3.83. The number of nitrogens with one attached hydrogen (secondary N) is 1. The van der Waals surface area contributed by atoms with E-state index in [0.717, 1.165) is 16.8 Å². The number of sulfonamides is 1. The maximum absolute atomic E-state index is 13.3. The van der Waals surface area contributed by atoms with Crippen molar-refractivity contribution in [3.8, 4) is 0 Å². The average molecular weight is 359 g/mol. The fraction of sp³-hybridized carbons (Fsp3) is 0.158. The van der Waals surface area contributed by atoms with Crippen LogP contribution in [0.2, 0.25) is 0 Å². The lowest BCUT2D eigenvalue weighted by Crippen LogP contribution is -2.28. The van der Waals surface area contributed by atoms with Crippen molar-refractivity contribution in [1.29, 1.82) is 0 Å². The Balaban J connectivity index is 1.81. The second-order valence-corrected chi connectivity index (χ2v) is 7.61. The monoisotopic (exact) mass is 359 g/mol. The maximum atomic E-state index is 13.3. The minimum absolute atomic E-state index is 0.0310. The summed E-state index contributed by atoms with van der Waals surface area (Å²) in [6.07, 6.45) is -0.998. The van der Waals surface area contributed by atoms with Crippen LogP contribution < -0.4 is 4.72 Å². The van der Waals surface area contributed by atoms with Crippen LogP contribution in [0.1, 0.15) is 17.2 Å². The largest absolute Gasteiger partial charge is 0.387 e. The molecule has 0 aliphatic rings. The summed E-state index contributed by atoms with van der Waals surface area (Å²) in [5.74, 6) is -0.463. The molecule has 0 aliphatic carbocycles. The van der Waals surface area contributed by atoms with Gasteiger partial charge >= 0.3 is 0 Å². The summed E-state index contributed by atoms with van der Waals surface area (Å²) in [5, 5.41) is 12.3. The lowest BCUT2D eigenvalue weighted by atomic mass is 10.0. The molecule has 0 aliphatic heterocycles. The van der Waals surface area contributed by atoms with E-state index >= 15 is 0 Å². The normalized spacial score (nSPS) is 13.1. The van der Waals surface area contributed by atoms with Crippen LogP contribution in [0, 0.1) is 12.7 Å². The molecule has 2 N–H and O–H groups in total. The van der Waals surface area contributed by atoms with E-state index in [4.69, 9.17) is 0 Å². The number of rotatable bonds is 5. The zero-order valence-corrected chi connectivity index (χ0v) is 14.4. The average Bonchev–Trinajstić information content (AvgIpc) is 2.61. The lowest BCUT2D eigenvalue weighted by Gasteiger charge is -2.15. The number of aliphatic hydroxyl groups excluding tert-OH is 1. The second-order valence-electron chi connectivity index (χ2n) is 5.85. The third-order valence-corrected chi connectivity index (χ3v) is 5.51. The van der Waals surface area contributed by atoms with E-state index in [1.807, 2.05) is 36.4 Å². The van der Waals surface area contributed by atoms with Crippen molar-refractivity contribution < 1.29 is 17.9 Å². The topological polar surface area (TPSA) is 66.4 Å². The predicted octanol–water partition coefficient (Wildman–Crippen LogP) is 3.30. The van der Waals surface area contributed by atoms with Crippen molar-refractivity contribution in [2.45, 2.75) is 17.9 Å². The first kappa shape index (κ1) is 17.5. The van der Waals surface area contributed by atoms with Gasteiger partial charge in [-0.2, -0.15) is 0 Å². The quantitative estimate of drug-likeness (QED) is 0.735. The molecule has 0 bridgehead atoms. The first-order valence-electron chi connectivity index (χ1n) is 7.80. The van der Waals surface area contributed by atoms with Gasteiger partial charge in [-0.05, 0) is 47.0 Å². The molecule has 0 spiro atoms. The molecular weight excluding hydrogens is 341 g/mol. The highest BCUT2D eigenvalue weighted by Crippen LogP contribution is 2.24. The van der Waals surface area contributed by atoms with Gasteiger partial charge in [0.05, 0.1) is 11.0 Å². The van der Waals surface area contributed by atoms with E-state index < -0.39 is 21.9 Å². The van der Waals surface area contributed by atoms with Crippen LogP contribution in [0.5, 0.6) is 0 Å². The molecule has 130 valence electrons. The first-order valence-corrected chi connectivity index (χ1v) is 9.28. The van der Waals surface area contributed by atoms with Gasteiger partial charge in [0.15, 0.2) is 0 Å². The number of fused-ring (bicyclic) bond motifs is 1. The van der Waals surface area contributed by atoms with E-state index in [1.165, 1.54) is 19.1 Å². The molecule has 3 rings (SSSR count). The Bertz CT molecular complexity index is 1010. The Hall–Kier alpha value is -2.28. The smallest absolute Gasteiger partial charge is 0.240 e. The fourth-order valence-corrected chi connectivity index (χ4v) is 3.83. The third kappa shape index (κ3) is 3.71. The highest BCUT2D eigenvalue weighted by molar-refractivity contribution is 7.89. The van der Waals surface area contributed by atoms with Crippen LogP contribution in [0.25, 0.3) is 10.8 Å². The number of aryl methyl sites for hydroxylation is 1. The van der Waals surface area contributed by atoms with Gasteiger partial charge < -0.3 is 5.11 Å². The Morgan fingerprint density at radius 2 is 1.80 bits per heavy atom. The Labute approximate surface area is 146 Å². The standard InChI is InChI=1S/C19H18FNO3S/c1-13-11-15(9-10-18(13)20)25(23,24)21-12-19(22)17-8-4-6-14-5-2-3-7-16(14)17/h2-11,19,21-22H,12H2,1H3/t19-/m0/s1. The number of hydrogen-bond acceptors (Lipinski definition) is 3. The van der Waals surface area contributed by atoms with E-state index in [9.17, 15) is 17.9 Å². The van der Waals surface area contributed by atoms with Gasteiger partial charge in [0.2, 0.25) is 10.0 Å². The predicted molar refractivity (Wildman–Crippen MR) is 95.2 cm³/mol. The van der Waals surface area contributed by atoms with Gasteiger partial charge in [0.1, 0.15) is 5.82 Å². The number of hydrogen-bond donors (Lipinski definition) is 2. The van der Waals surface area contributed by atoms with Gasteiger partial charge in [-0.3, -0.25) is 0 Å². The van der Waals surface area contributed by atoms with Crippen molar-refractivity contribution in [3.05, 3.63) is 77.6 Å². The summed E-state index contributed by atoms with van der Waals surface area (Å²) in [7, 11) is -3.83. The molecule has 1 atom stereocenters. The molecule has 0 saturated carbocycles. The molecular formula is C19H18FNO3S. The summed E-state index contributed by atoms with van der Waals surface area (Å²) in [5.41, 5.74) is 0.897. The summed E-state index contributed by atoms with van der Waals surface area (Å²) in [4.78, 5) is -0.0310. The van der Waals surface area contributed by atoms with Crippen molar-refractivity contribution in [3.63, 3.8) is 0 Å². The van der Waals surface area contributed by atoms with Gasteiger partial charge in [0.25, 0.3) is 0 Å². The molecule has 25 heavy (non-hydrogen) atoms.